The van der Waals surface area contributed by atoms with Crippen LogP contribution in [0.5, 0.6) is 0 Å². The summed E-state index contributed by atoms with van der Waals surface area (Å²) in [5, 5.41) is 5.90. The summed E-state index contributed by atoms with van der Waals surface area (Å²) in [6, 6.07) is 5.14. The Morgan fingerprint density at radius 3 is 2.30 bits per heavy atom. The largest absolute Gasteiger partial charge is 0.436 e. The molecular formula is C24H15BrF7N5O2S. The Bertz CT molecular complexity index is 1660. The van der Waals surface area contributed by atoms with Gasteiger partial charge in [-0.05, 0) is 58.1 Å². The molecule has 0 radical (unpaired) electrons. The molecule has 210 valence electrons. The zero-order valence-corrected chi connectivity index (χ0v) is 22.2. The molecule has 0 aliphatic heterocycles. The average Bonchev–Trinajstić information content (AvgIpc) is 3.53. The van der Waals surface area contributed by atoms with Gasteiger partial charge in [0.05, 0.1) is 15.9 Å². The van der Waals surface area contributed by atoms with Crippen LogP contribution in [-0.2, 0) is 23.7 Å². The number of hydrogen-bond donors (Lipinski definition) is 2. The first-order chi connectivity index (χ1) is 18.6. The highest BCUT2D eigenvalue weighted by Crippen LogP contribution is 2.47. The number of nitrogens with zero attached hydrogens (tertiary/aromatic N) is 3. The zero-order chi connectivity index (χ0) is 29.1. The van der Waals surface area contributed by atoms with Crippen LogP contribution in [0, 0.1) is 5.82 Å². The average molecular weight is 650 g/mol. The third kappa shape index (κ3) is 5.29. The summed E-state index contributed by atoms with van der Waals surface area (Å²) in [6.45, 7) is -0.698. The Labute approximate surface area is 232 Å². The van der Waals surface area contributed by atoms with Gasteiger partial charge >= 0.3 is 12.4 Å². The molecule has 0 atom stereocenters. The molecule has 2 amide bonds. The lowest BCUT2D eigenvalue weighted by Gasteiger charge is -2.13. The fourth-order valence-electron chi connectivity index (χ4n) is 4.21. The number of benzene rings is 1. The number of nitrogens with one attached hydrogen (secondary N) is 1. The van der Waals surface area contributed by atoms with Gasteiger partial charge in [-0.15, -0.1) is 11.3 Å². The van der Waals surface area contributed by atoms with Crippen LogP contribution in [0.3, 0.4) is 0 Å². The number of thiophene rings is 1. The number of nitrogens with two attached hydrogens (primary N) is 1. The Balaban J connectivity index is 1.62. The molecule has 0 unspecified atom stereocenters. The monoisotopic (exact) mass is 649 g/mol. The number of carbonyl (C=O) groups is 2. The van der Waals surface area contributed by atoms with E-state index in [0.29, 0.717) is 30.2 Å². The molecule has 1 aliphatic carbocycles. The number of primary amides is 1. The Kier molecular flexibility index (Phi) is 6.89. The lowest BCUT2D eigenvalue weighted by molar-refractivity contribution is -0.142. The molecule has 0 spiro atoms. The molecule has 1 fully saturated rings. The van der Waals surface area contributed by atoms with Gasteiger partial charge in [0.1, 0.15) is 27.8 Å². The van der Waals surface area contributed by atoms with Crippen LogP contribution in [0.4, 0.5) is 36.4 Å². The molecule has 7 nitrogen and oxygen atoms in total. The summed E-state index contributed by atoms with van der Waals surface area (Å²) < 4.78 is 95.5. The highest BCUT2D eigenvalue weighted by molar-refractivity contribution is 9.10. The molecule has 16 heteroatoms. The van der Waals surface area contributed by atoms with Gasteiger partial charge < -0.3 is 11.1 Å². The molecule has 1 saturated carbocycles. The van der Waals surface area contributed by atoms with Crippen LogP contribution in [0.15, 0.2) is 34.8 Å². The smallest absolute Gasteiger partial charge is 0.365 e. The standard InChI is InChI=1S/C24H15BrF7N5O2S/c25-16-18(10-1-2-10)37(36-20(16)24(30,31)32)8-14(38)35-17-15-12(9-3-5-11(26)6-4-9)7-13(23(27,28)29)34-22(15)40-19(17)21(33)39/h3-7,10H,1-2,8H2,(H2,33,39)(H,35,38). The van der Waals surface area contributed by atoms with Crippen LogP contribution >= 0.6 is 27.3 Å². The van der Waals surface area contributed by atoms with Crippen molar-refractivity contribution >= 4 is 55.0 Å². The highest BCUT2D eigenvalue weighted by atomic mass is 79.9. The van der Waals surface area contributed by atoms with Gasteiger partial charge in [0, 0.05) is 11.3 Å². The summed E-state index contributed by atoms with van der Waals surface area (Å²) in [6.07, 6.45) is -8.48. The zero-order valence-electron chi connectivity index (χ0n) is 19.8. The number of anilines is 1. The van der Waals surface area contributed by atoms with E-state index >= 15 is 0 Å². The van der Waals surface area contributed by atoms with Gasteiger partial charge in [-0.25, -0.2) is 9.37 Å². The second kappa shape index (κ2) is 9.83. The fraction of sp³-hybridized carbons (Fsp3) is 0.250. The van der Waals surface area contributed by atoms with Crippen LogP contribution in [0.2, 0.25) is 0 Å². The summed E-state index contributed by atoms with van der Waals surface area (Å²) in [5.41, 5.74) is 2.84. The van der Waals surface area contributed by atoms with Crippen molar-refractivity contribution in [2.24, 2.45) is 5.73 Å². The molecule has 1 aromatic carbocycles. The van der Waals surface area contributed by atoms with Crippen molar-refractivity contribution in [3.05, 3.63) is 62.6 Å². The molecule has 5 rings (SSSR count). The van der Waals surface area contributed by atoms with Crippen molar-refractivity contribution in [1.82, 2.24) is 14.8 Å². The molecule has 0 saturated heterocycles. The van der Waals surface area contributed by atoms with Crippen molar-refractivity contribution in [2.45, 2.75) is 37.7 Å². The summed E-state index contributed by atoms with van der Waals surface area (Å²) >= 11 is 3.43. The van der Waals surface area contributed by atoms with E-state index in [9.17, 15) is 40.3 Å². The molecule has 3 aromatic heterocycles. The number of fused-ring (bicyclic) bond motifs is 1. The van der Waals surface area contributed by atoms with E-state index in [1.165, 1.54) is 12.1 Å². The summed E-state index contributed by atoms with van der Waals surface area (Å²) in [5.74, 6) is -2.91. The maximum absolute atomic E-state index is 13.6. The quantitative estimate of drug-likeness (QED) is 0.227. The number of carbonyl (C=O) groups excluding carboxylic acids is 2. The molecule has 4 aromatic rings. The van der Waals surface area contributed by atoms with Crippen molar-refractivity contribution in [2.75, 3.05) is 5.32 Å². The SMILES string of the molecule is NC(=O)c1sc2nc(C(F)(F)F)cc(-c3ccc(F)cc3)c2c1NC(=O)Cn1nc(C(F)(F)F)c(Br)c1C1CC1. The van der Waals surface area contributed by atoms with Crippen LogP contribution < -0.4 is 11.1 Å². The summed E-state index contributed by atoms with van der Waals surface area (Å²) in [4.78, 5) is 28.3. The Morgan fingerprint density at radius 1 is 1.10 bits per heavy atom. The van der Waals surface area contributed by atoms with Crippen LogP contribution in [0.1, 0.15) is 45.5 Å². The van der Waals surface area contributed by atoms with Crippen molar-refractivity contribution in [3.8, 4) is 11.1 Å². The van der Waals surface area contributed by atoms with Crippen LogP contribution in [0.25, 0.3) is 21.3 Å². The van der Waals surface area contributed by atoms with Crippen molar-refractivity contribution in [3.63, 3.8) is 0 Å². The Morgan fingerprint density at radius 2 is 1.75 bits per heavy atom. The first-order valence-corrected chi connectivity index (χ1v) is 13.0. The van der Waals surface area contributed by atoms with Crippen molar-refractivity contribution in [1.29, 1.82) is 0 Å². The molecular weight excluding hydrogens is 635 g/mol. The number of alkyl halides is 6. The van der Waals surface area contributed by atoms with Gasteiger partial charge in [0.15, 0.2) is 5.69 Å². The number of pyridine rings is 1. The topological polar surface area (TPSA) is 103 Å². The van der Waals surface area contributed by atoms with E-state index in [2.05, 4.69) is 31.3 Å². The van der Waals surface area contributed by atoms with E-state index in [1.54, 1.807) is 0 Å². The number of aromatic nitrogens is 3. The van der Waals surface area contributed by atoms with E-state index < -0.39 is 47.9 Å². The molecule has 3 heterocycles. The lowest BCUT2D eigenvalue weighted by atomic mass is 10.0. The number of halogens is 8. The van der Waals surface area contributed by atoms with Gasteiger partial charge in [0.25, 0.3) is 5.91 Å². The van der Waals surface area contributed by atoms with E-state index in [-0.39, 0.29) is 48.0 Å². The minimum absolute atomic E-state index is 0.0770. The van der Waals surface area contributed by atoms with Gasteiger partial charge in [-0.1, -0.05) is 12.1 Å². The predicted octanol–water partition coefficient (Wildman–Crippen LogP) is 6.71. The minimum Gasteiger partial charge on any atom is -0.365 e. The summed E-state index contributed by atoms with van der Waals surface area (Å²) in [7, 11) is 0. The normalized spacial score (nSPS) is 14.1. The highest BCUT2D eigenvalue weighted by Gasteiger charge is 2.42. The minimum atomic E-state index is -4.88. The predicted molar refractivity (Wildman–Crippen MR) is 134 cm³/mol. The maximum Gasteiger partial charge on any atom is 0.436 e. The Hall–Kier alpha value is -3.53. The number of rotatable bonds is 6. The van der Waals surface area contributed by atoms with Crippen molar-refractivity contribution < 1.29 is 40.3 Å². The lowest BCUT2D eigenvalue weighted by Crippen LogP contribution is -2.23. The first-order valence-electron chi connectivity index (χ1n) is 11.4. The first kappa shape index (κ1) is 28.0. The fourth-order valence-corrected chi connectivity index (χ4v) is 6.05. The van der Waals surface area contributed by atoms with E-state index in [0.717, 1.165) is 16.8 Å². The second-order valence-corrected chi connectivity index (χ2v) is 10.7. The second-order valence-electron chi connectivity index (χ2n) is 8.94. The molecule has 1 aliphatic rings. The number of amides is 2. The van der Waals surface area contributed by atoms with Crippen LogP contribution in [-0.4, -0.2) is 26.6 Å². The molecule has 0 bridgehead atoms. The third-order valence-electron chi connectivity index (χ3n) is 6.05. The number of hydrogen-bond acceptors (Lipinski definition) is 5. The third-order valence-corrected chi connectivity index (χ3v) is 7.93. The van der Waals surface area contributed by atoms with E-state index in [4.69, 9.17) is 5.73 Å². The van der Waals surface area contributed by atoms with Gasteiger partial charge in [-0.2, -0.15) is 31.4 Å². The molecule has 3 N–H and O–H groups in total. The maximum atomic E-state index is 13.6. The van der Waals surface area contributed by atoms with Gasteiger partial charge in [-0.3, -0.25) is 14.3 Å². The molecule has 40 heavy (non-hydrogen) atoms. The van der Waals surface area contributed by atoms with Gasteiger partial charge in [0.2, 0.25) is 5.91 Å². The van der Waals surface area contributed by atoms with E-state index in [1.807, 2.05) is 0 Å².